The summed E-state index contributed by atoms with van der Waals surface area (Å²) in [4.78, 5) is 10.6. The number of carbonyl (C=O) groups excluding carboxylic acids is 1. The quantitative estimate of drug-likeness (QED) is 0.579. The van der Waals surface area contributed by atoms with Crippen molar-refractivity contribution in [2.24, 2.45) is 11.8 Å². The van der Waals surface area contributed by atoms with Gasteiger partial charge in [-0.1, -0.05) is 0 Å². The van der Waals surface area contributed by atoms with Gasteiger partial charge in [-0.25, -0.2) is 0 Å². The highest BCUT2D eigenvalue weighted by molar-refractivity contribution is 5.55. The zero-order valence-electron chi connectivity index (χ0n) is 7.23. The maximum absolute atomic E-state index is 10.6. The molecule has 4 atom stereocenters. The first-order valence-electron chi connectivity index (χ1n) is 4.48. The molecule has 1 saturated carbocycles. The summed E-state index contributed by atoms with van der Waals surface area (Å²) in [6.07, 6.45) is 4.20. The Morgan fingerprint density at radius 1 is 1.50 bits per heavy atom. The SMILES string of the molecule is CO[C@@H]1C[C@@H]2[C@H](C=O)CC[C@@H]2O1. The second kappa shape index (κ2) is 3.15. The molecule has 0 radical (unpaired) electrons. The lowest BCUT2D eigenvalue weighted by Crippen LogP contribution is -2.14. The van der Waals surface area contributed by atoms with E-state index in [1.165, 1.54) is 0 Å². The Hall–Kier alpha value is -0.410. The van der Waals surface area contributed by atoms with Crippen molar-refractivity contribution in [1.82, 2.24) is 0 Å². The molecule has 12 heavy (non-hydrogen) atoms. The molecule has 2 fully saturated rings. The topological polar surface area (TPSA) is 35.5 Å². The molecular weight excluding hydrogens is 156 g/mol. The molecule has 0 N–H and O–H groups in total. The van der Waals surface area contributed by atoms with Crippen molar-refractivity contribution in [3.05, 3.63) is 0 Å². The van der Waals surface area contributed by atoms with Gasteiger partial charge in [0.15, 0.2) is 6.29 Å². The van der Waals surface area contributed by atoms with Crippen molar-refractivity contribution >= 4 is 6.29 Å². The van der Waals surface area contributed by atoms with E-state index in [4.69, 9.17) is 9.47 Å². The molecule has 2 rings (SSSR count). The molecule has 0 aromatic heterocycles. The highest BCUT2D eigenvalue weighted by Crippen LogP contribution is 2.42. The summed E-state index contributed by atoms with van der Waals surface area (Å²) in [6, 6.07) is 0. The molecule has 1 aliphatic carbocycles. The van der Waals surface area contributed by atoms with Crippen LogP contribution in [0.2, 0.25) is 0 Å². The van der Waals surface area contributed by atoms with Gasteiger partial charge in [0.2, 0.25) is 0 Å². The van der Waals surface area contributed by atoms with Crippen LogP contribution in [0.1, 0.15) is 19.3 Å². The molecule has 0 amide bonds. The number of rotatable bonds is 2. The minimum Gasteiger partial charge on any atom is -0.356 e. The molecule has 0 aromatic carbocycles. The summed E-state index contributed by atoms with van der Waals surface area (Å²) in [6.45, 7) is 0. The maximum atomic E-state index is 10.6. The minimum atomic E-state index is -0.0669. The van der Waals surface area contributed by atoms with Gasteiger partial charge in [0.1, 0.15) is 6.29 Å². The normalized spacial score (nSPS) is 46.1. The Balaban J connectivity index is 2.01. The van der Waals surface area contributed by atoms with Crippen LogP contribution in [-0.4, -0.2) is 25.8 Å². The molecular formula is C9H14O3. The predicted octanol–water partition coefficient (Wildman–Crippen LogP) is 0.973. The fourth-order valence-corrected chi connectivity index (χ4v) is 2.35. The van der Waals surface area contributed by atoms with Crippen molar-refractivity contribution in [3.63, 3.8) is 0 Å². The van der Waals surface area contributed by atoms with Gasteiger partial charge in [0.05, 0.1) is 6.10 Å². The number of methoxy groups -OCH3 is 1. The minimum absolute atomic E-state index is 0.0669. The lowest BCUT2D eigenvalue weighted by atomic mass is 9.94. The lowest BCUT2D eigenvalue weighted by molar-refractivity contribution is -0.114. The summed E-state index contributed by atoms with van der Waals surface area (Å²) in [5.41, 5.74) is 0. The predicted molar refractivity (Wildman–Crippen MR) is 42.6 cm³/mol. The van der Waals surface area contributed by atoms with Crippen molar-refractivity contribution in [3.8, 4) is 0 Å². The van der Waals surface area contributed by atoms with Crippen LogP contribution < -0.4 is 0 Å². The first kappa shape index (κ1) is 8.20. The molecule has 1 aliphatic heterocycles. The van der Waals surface area contributed by atoms with Crippen molar-refractivity contribution in [1.29, 1.82) is 0 Å². The van der Waals surface area contributed by atoms with Crippen LogP contribution in [0.15, 0.2) is 0 Å². The zero-order chi connectivity index (χ0) is 8.55. The van der Waals surface area contributed by atoms with E-state index in [2.05, 4.69) is 0 Å². The van der Waals surface area contributed by atoms with Gasteiger partial charge < -0.3 is 14.3 Å². The Kier molecular flexibility index (Phi) is 2.15. The number of hydrogen-bond donors (Lipinski definition) is 0. The third kappa shape index (κ3) is 1.17. The molecule has 2 aliphatic rings. The fraction of sp³-hybridized carbons (Fsp3) is 0.889. The molecule has 68 valence electrons. The molecule has 0 unspecified atom stereocenters. The monoisotopic (exact) mass is 170 g/mol. The van der Waals surface area contributed by atoms with Gasteiger partial charge in [-0.05, 0) is 18.8 Å². The van der Waals surface area contributed by atoms with Gasteiger partial charge in [0.25, 0.3) is 0 Å². The smallest absolute Gasteiger partial charge is 0.157 e. The van der Waals surface area contributed by atoms with E-state index >= 15 is 0 Å². The van der Waals surface area contributed by atoms with Crippen LogP contribution in [0.5, 0.6) is 0 Å². The van der Waals surface area contributed by atoms with Gasteiger partial charge in [-0.2, -0.15) is 0 Å². The number of fused-ring (bicyclic) bond motifs is 1. The molecule has 0 spiro atoms. The third-order valence-electron chi connectivity index (χ3n) is 3.04. The number of hydrogen-bond acceptors (Lipinski definition) is 3. The second-order valence-corrected chi connectivity index (χ2v) is 3.62. The average molecular weight is 170 g/mol. The van der Waals surface area contributed by atoms with Gasteiger partial charge >= 0.3 is 0 Å². The highest BCUT2D eigenvalue weighted by Gasteiger charge is 2.44. The van der Waals surface area contributed by atoms with Crippen molar-refractivity contribution < 1.29 is 14.3 Å². The number of carbonyl (C=O) groups is 1. The van der Waals surface area contributed by atoms with Gasteiger partial charge in [0, 0.05) is 19.4 Å². The number of aldehydes is 1. The molecule has 0 bridgehead atoms. The Morgan fingerprint density at radius 2 is 2.33 bits per heavy atom. The van der Waals surface area contributed by atoms with E-state index in [-0.39, 0.29) is 18.3 Å². The summed E-state index contributed by atoms with van der Waals surface area (Å²) < 4.78 is 10.7. The maximum Gasteiger partial charge on any atom is 0.157 e. The van der Waals surface area contributed by atoms with Crippen LogP contribution in [0, 0.1) is 11.8 Å². The Morgan fingerprint density at radius 3 is 3.00 bits per heavy atom. The van der Waals surface area contributed by atoms with Crippen LogP contribution in [-0.2, 0) is 14.3 Å². The van der Waals surface area contributed by atoms with Gasteiger partial charge in [-0.15, -0.1) is 0 Å². The largest absolute Gasteiger partial charge is 0.356 e. The average Bonchev–Trinajstić information content (AvgIpc) is 2.61. The molecule has 1 saturated heterocycles. The van der Waals surface area contributed by atoms with E-state index in [0.29, 0.717) is 5.92 Å². The summed E-state index contributed by atoms with van der Waals surface area (Å²) >= 11 is 0. The summed E-state index contributed by atoms with van der Waals surface area (Å²) in [7, 11) is 1.65. The standard InChI is InChI=1S/C9H14O3/c1-11-9-4-7-6(5-10)2-3-8(7)12-9/h5-9H,2-4H2,1H3/t6-,7+,8-,9-/m0/s1. The van der Waals surface area contributed by atoms with E-state index in [1.807, 2.05) is 0 Å². The third-order valence-corrected chi connectivity index (χ3v) is 3.04. The second-order valence-electron chi connectivity index (χ2n) is 3.62. The van der Waals surface area contributed by atoms with Crippen molar-refractivity contribution in [2.45, 2.75) is 31.7 Å². The van der Waals surface area contributed by atoms with E-state index in [9.17, 15) is 4.79 Å². The van der Waals surface area contributed by atoms with E-state index < -0.39 is 0 Å². The van der Waals surface area contributed by atoms with E-state index in [0.717, 1.165) is 25.5 Å². The number of ether oxygens (including phenoxy) is 2. The van der Waals surface area contributed by atoms with Crippen molar-refractivity contribution in [2.75, 3.05) is 7.11 Å². The zero-order valence-corrected chi connectivity index (χ0v) is 7.23. The van der Waals surface area contributed by atoms with Crippen LogP contribution in [0.3, 0.4) is 0 Å². The van der Waals surface area contributed by atoms with E-state index in [1.54, 1.807) is 7.11 Å². The van der Waals surface area contributed by atoms with Gasteiger partial charge in [-0.3, -0.25) is 0 Å². The first-order chi connectivity index (χ1) is 5.85. The van der Waals surface area contributed by atoms with Crippen LogP contribution in [0.25, 0.3) is 0 Å². The highest BCUT2D eigenvalue weighted by atomic mass is 16.7. The van der Waals surface area contributed by atoms with Crippen LogP contribution in [0.4, 0.5) is 0 Å². The summed E-state index contributed by atoms with van der Waals surface area (Å²) in [5, 5.41) is 0. The summed E-state index contributed by atoms with van der Waals surface area (Å²) in [5.74, 6) is 0.641. The Bertz CT molecular complexity index is 181. The lowest BCUT2D eigenvalue weighted by Gasteiger charge is -2.09. The Labute approximate surface area is 72.0 Å². The molecule has 3 nitrogen and oxygen atoms in total. The molecule has 3 heteroatoms. The first-order valence-corrected chi connectivity index (χ1v) is 4.48. The molecule has 1 heterocycles. The molecule has 0 aromatic rings. The fourth-order valence-electron chi connectivity index (χ4n) is 2.35. The van der Waals surface area contributed by atoms with Crippen LogP contribution >= 0.6 is 0 Å².